The van der Waals surface area contributed by atoms with Gasteiger partial charge in [0.15, 0.2) is 0 Å². The van der Waals surface area contributed by atoms with Crippen molar-refractivity contribution in [3.63, 3.8) is 0 Å². The van der Waals surface area contributed by atoms with Gasteiger partial charge in [-0.05, 0) is 60.7 Å². The van der Waals surface area contributed by atoms with Gasteiger partial charge >= 0.3 is 0 Å². The number of hydrogen-bond acceptors (Lipinski definition) is 4. The molecule has 0 saturated carbocycles. The van der Waals surface area contributed by atoms with Crippen molar-refractivity contribution >= 4 is 50.4 Å². The van der Waals surface area contributed by atoms with E-state index in [1.807, 2.05) is 18.2 Å². The summed E-state index contributed by atoms with van der Waals surface area (Å²) in [7, 11) is -5.73. The molecular formula is C27H27NO3PS2+. The molecule has 0 atom stereocenters. The van der Waals surface area contributed by atoms with Crippen LogP contribution in [0.2, 0.25) is 0 Å². The molecule has 4 rings (SSSR count). The summed E-state index contributed by atoms with van der Waals surface area (Å²) >= 11 is 1.10. The monoisotopic (exact) mass is 508 g/mol. The lowest BCUT2D eigenvalue weighted by atomic mass is 10.2. The summed E-state index contributed by atoms with van der Waals surface area (Å²) in [5, 5.41) is 5.59. The summed E-state index contributed by atoms with van der Waals surface area (Å²) in [6.45, 7) is 0. The Bertz CT molecular complexity index is 1200. The van der Waals surface area contributed by atoms with Gasteiger partial charge in [0.05, 0.1) is 6.16 Å². The molecule has 0 radical (unpaired) electrons. The Morgan fingerprint density at radius 3 is 1.65 bits per heavy atom. The Morgan fingerprint density at radius 2 is 1.21 bits per heavy atom. The Labute approximate surface area is 206 Å². The third-order valence-electron chi connectivity index (χ3n) is 5.75. The number of amides is 1. The highest BCUT2D eigenvalue weighted by Gasteiger charge is 2.44. The Kier molecular flexibility index (Phi) is 7.94. The second-order valence-corrected chi connectivity index (χ2v) is 14.4. The van der Waals surface area contributed by atoms with E-state index < -0.39 is 23.2 Å². The molecule has 4 aromatic rings. The van der Waals surface area contributed by atoms with E-state index in [0.717, 1.165) is 23.9 Å². The van der Waals surface area contributed by atoms with Crippen molar-refractivity contribution in [2.45, 2.75) is 23.5 Å². The van der Waals surface area contributed by atoms with Crippen LogP contribution in [0.4, 0.5) is 0 Å². The first kappa shape index (κ1) is 24.3. The number of benzene rings is 3. The van der Waals surface area contributed by atoms with Crippen LogP contribution in [-0.4, -0.2) is 20.5 Å². The van der Waals surface area contributed by atoms with E-state index in [1.54, 1.807) is 11.4 Å². The van der Waals surface area contributed by atoms with Crippen LogP contribution >= 0.6 is 18.6 Å². The lowest BCUT2D eigenvalue weighted by molar-refractivity contribution is -0.119. The van der Waals surface area contributed by atoms with Gasteiger partial charge in [-0.1, -0.05) is 60.7 Å². The number of sulfonamides is 1. The number of rotatable bonds is 10. The molecule has 4 nitrogen and oxygen atoms in total. The van der Waals surface area contributed by atoms with Crippen molar-refractivity contribution in [1.29, 1.82) is 0 Å². The molecule has 0 aliphatic heterocycles. The summed E-state index contributed by atoms with van der Waals surface area (Å²) in [6, 6.07) is 35.0. The lowest BCUT2D eigenvalue weighted by Gasteiger charge is -2.27. The molecule has 1 amide bonds. The summed E-state index contributed by atoms with van der Waals surface area (Å²) in [4.78, 5) is 12.4. The third-order valence-corrected chi connectivity index (χ3v) is 13.0. The molecule has 0 unspecified atom stereocenters. The molecule has 1 heterocycles. The largest absolute Gasteiger partial charge is 0.274 e. The molecule has 0 fully saturated rings. The van der Waals surface area contributed by atoms with Crippen LogP contribution in [0.5, 0.6) is 0 Å². The van der Waals surface area contributed by atoms with Gasteiger partial charge in [0, 0.05) is 6.42 Å². The number of carbonyl (C=O) groups is 1. The van der Waals surface area contributed by atoms with Gasteiger partial charge < -0.3 is 0 Å². The van der Waals surface area contributed by atoms with E-state index in [-0.39, 0.29) is 10.6 Å². The minimum absolute atomic E-state index is 0.156. The zero-order valence-corrected chi connectivity index (χ0v) is 21.2. The number of nitrogens with one attached hydrogen (secondary N) is 1. The smallest absolute Gasteiger partial charge is 0.273 e. The maximum atomic E-state index is 12.4. The molecular weight excluding hydrogens is 481 g/mol. The second kappa shape index (κ2) is 11.1. The second-order valence-electron chi connectivity index (χ2n) is 7.96. The fourth-order valence-corrected chi connectivity index (χ4v) is 10.6. The van der Waals surface area contributed by atoms with Crippen LogP contribution in [0.15, 0.2) is 113 Å². The molecule has 174 valence electrons. The normalized spacial score (nSPS) is 11.8. The van der Waals surface area contributed by atoms with E-state index >= 15 is 0 Å². The summed E-state index contributed by atoms with van der Waals surface area (Å²) < 4.78 is 27.0. The zero-order chi connectivity index (χ0) is 23.9. The number of unbranched alkanes of at least 4 members (excludes halogenated alkanes) is 1. The minimum Gasteiger partial charge on any atom is -0.274 e. The Morgan fingerprint density at radius 1 is 0.706 bits per heavy atom. The van der Waals surface area contributed by atoms with E-state index in [1.165, 1.54) is 22.0 Å². The van der Waals surface area contributed by atoms with Gasteiger partial charge in [0.2, 0.25) is 5.91 Å². The molecule has 0 aliphatic rings. The van der Waals surface area contributed by atoms with Gasteiger partial charge in [-0.25, -0.2) is 13.1 Å². The highest BCUT2D eigenvalue weighted by Crippen LogP contribution is 2.55. The highest BCUT2D eigenvalue weighted by atomic mass is 32.2. The third kappa shape index (κ3) is 5.47. The van der Waals surface area contributed by atoms with Crippen molar-refractivity contribution in [3.8, 4) is 0 Å². The van der Waals surface area contributed by atoms with Gasteiger partial charge in [0.25, 0.3) is 10.0 Å². The van der Waals surface area contributed by atoms with Crippen molar-refractivity contribution in [2.75, 3.05) is 6.16 Å². The first-order valence-electron chi connectivity index (χ1n) is 11.2. The van der Waals surface area contributed by atoms with Crippen molar-refractivity contribution in [1.82, 2.24) is 4.72 Å². The van der Waals surface area contributed by atoms with Gasteiger partial charge in [-0.3, -0.25) is 4.79 Å². The molecule has 0 aliphatic carbocycles. The molecule has 34 heavy (non-hydrogen) atoms. The van der Waals surface area contributed by atoms with Crippen LogP contribution in [0, 0.1) is 0 Å². The highest BCUT2D eigenvalue weighted by molar-refractivity contribution is 7.95. The number of thiophene rings is 1. The molecule has 3 aromatic carbocycles. The SMILES string of the molecule is O=C(CCCC[P+](c1ccccc1)(c1ccccc1)c1ccccc1)NS(=O)(=O)c1cccs1. The topological polar surface area (TPSA) is 63.2 Å². The standard InChI is InChI=1S/C27H26NO3PS2/c29-26(28-34(30,31)27-20-12-22-33-27)19-10-11-21-32(23-13-4-1-5-14-23,24-15-6-2-7-16-24)25-17-8-3-9-18-25/h1-9,12-18,20,22H,10-11,19,21H2/p+1. The summed E-state index contributed by atoms with van der Waals surface area (Å²) in [5.41, 5.74) is 0. The summed E-state index contributed by atoms with van der Waals surface area (Å²) in [5.74, 6) is -0.462. The molecule has 7 heteroatoms. The molecule has 1 N–H and O–H groups in total. The van der Waals surface area contributed by atoms with Crippen molar-refractivity contribution in [2.24, 2.45) is 0 Å². The number of carbonyl (C=O) groups excluding carboxylic acids is 1. The van der Waals surface area contributed by atoms with Crippen molar-refractivity contribution in [3.05, 3.63) is 109 Å². The van der Waals surface area contributed by atoms with Crippen LogP contribution in [0.25, 0.3) is 0 Å². The van der Waals surface area contributed by atoms with Crippen LogP contribution in [0.1, 0.15) is 19.3 Å². The van der Waals surface area contributed by atoms with Crippen LogP contribution in [-0.2, 0) is 14.8 Å². The first-order valence-corrected chi connectivity index (χ1v) is 15.5. The predicted molar refractivity (Wildman–Crippen MR) is 144 cm³/mol. The van der Waals surface area contributed by atoms with E-state index in [2.05, 4.69) is 77.5 Å². The van der Waals surface area contributed by atoms with Crippen molar-refractivity contribution < 1.29 is 13.2 Å². The number of hydrogen-bond donors (Lipinski definition) is 1. The zero-order valence-electron chi connectivity index (χ0n) is 18.7. The average molecular weight is 509 g/mol. The molecule has 0 bridgehead atoms. The van der Waals surface area contributed by atoms with E-state index in [4.69, 9.17) is 0 Å². The molecule has 0 spiro atoms. The van der Waals surface area contributed by atoms with E-state index in [9.17, 15) is 13.2 Å². The quantitative estimate of drug-likeness (QED) is 0.249. The Balaban J connectivity index is 1.55. The van der Waals surface area contributed by atoms with Crippen LogP contribution < -0.4 is 20.6 Å². The van der Waals surface area contributed by atoms with E-state index in [0.29, 0.717) is 6.42 Å². The molecule has 0 saturated heterocycles. The van der Waals surface area contributed by atoms with Gasteiger partial charge in [-0.15, -0.1) is 11.3 Å². The van der Waals surface area contributed by atoms with Gasteiger partial charge in [0.1, 0.15) is 27.4 Å². The summed E-state index contributed by atoms with van der Waals surface area (Å²) in [6.07, 6.45) is 2.48. The molecule has 1 aromatic heterocycles. The van der Waals surface area contributed by atoms with Gasteiger partial charge in [-0.2, -0.15) is 0 Å². The first-order chi connectivity index (χ1) is 16.5. The van der Waals surface area contributed by atoms with Crippen LogP contribution in [0.3, 0.4) is 0 Å². The fourth-order valence-electron chi connectivity index (χ4n) is 4.18. The minimum atomic E-state index is -3.78. The Hall–Kier alpha value is -2.79. The maximum Gasteiger partial charge on any atom is 0.273 e. The fraction of sp³-hybridized carbons (Fsp3) is 0.148. The average Bonchev–Trinajstić information content (AvgIpc) is 3.42. The predicted octanol–water partition coefficient (Wildman–Crippen LogP) is 4.72. The lowest BCUT2D eigenvalue weighted by Crippen LogP contribution is -2.33. The maximum absolute atomic E-state index is 12.4.